The van der Waals surface area contributed by atoms with Crippen molar-refractivity contribution in [1.29, 1.82) is 0 Å². The molecule has 0 aliphatic heterocycles. The van der Waals surface area contributed by atoms with Gasteiger partial charge in [-0.1, -0.05) is 6.07 Å². The largest absolute Gasteiger partial charge is 0.494 e. The van der Waals surface area contributed by atoms with Crippen LogP contribution in [0.1, 0.15) is 18.1 Å². The Morgan fingerprint density at radius 2 is 2.09 bits per heavy atom. The monoisotopic (exact) mass is 310 g/mol. The predicted molar refractivity (Wildman–Crippen MR) is 91.4 cm³/mol. The van der Waals surface area contributed by atoms with Crippen LogP contribution in [0.25, 0.3) is 10.9 Å². The fraction of sp³-hybridized carbons (Fsp3) is 0.222. The number of nitrogens with zero attached hydrogens (tertiary/aromatic N) is 2. The Hall–Kier alpha value is -2.07. The molecular weight excluding hydrogens is 292 g/mol. The third-order valence-electron chi connectivity index (χ3n) is 3.34. The minimum atomic E-state index is 0.678. The van der Waals surface area contributed by atoms with Gasteiger partial charge in [0.15, 0.2) is 0 Å². The van der Waals surface area contributed by atoms with Gasteiger partial charge in [0.25, 0.3) is 0 Å². The van der Waals surface area contributed by atoms with Crippen molar-refractivity contribution in [3.63, 3.8) is 0 Å². The van der Waals surface area contributed by atoms with Crippen molar-refractivity contribution in [2.75, 3.05) is 6.61 Å². The Labute approximate surface area is 134 Å². The lowest BCUT2D eigenvalue weighted by Crippen LogP contribution is -1.93. The van der Waals surface area contributed by atoms with Crippen LogP contribution in [-0.2, 0) is 5.75 Å². The van der Waals surface area contributed by atoms with Crippen molar-refractivity contribution in [3.8, 4) is 5.75 Å². The average Bonchev–Trinajstić information content (AvgIpc) is 2.54. The predicted octanol–water partition coefficient (Wildman–Crippen LogP) is 4.63. The molecular formula is C18H18N2OS. The summed E-state index contributed by atoms with van der Waals surface area (Å²) in [6.07, 6.45) is 3.70. The first-order valence-electron chi connectivity index (χ1n) is 7.32. The van der Waals surface area contributed by atoms with Gasteiger partial charge >= 0.3 is 0 Å². The maximum atomic E-state index is 5.55. The van der Waals surface area contributed by atoms with E-state index in [1.165, 1.54) is 11.1 Å². The van der Waals surface area contributed by atoms with Gasteiger partial charge in [-0.3, -0.25) is 4.98 Å². The number of ether oxygens (including phenoxy) is 1. The first-order valence-corrected chi connectivity index (χ1v) is 8.30. The average molecular weight is 310 g/mol. The summed E-state index contributed by atoms with van der Waals surface area (Å²) in [7, 11) is 0. The van der Waals surface area contributed by atoms with Gasteiger partial charge in [-0.2, -0.15) is 0 Å². The van der Waals surface area contributed by atoms with Crippen molar-refractivity contribution in [2.45, 2.75) is 24.6 Å². The molecule has 0 spiro atoms. The summed E-state index contributed by atoms with van der Waals surface area (Å²) >= 11 is 1.75. The molecule has 112 valence electrons. The van der Waals surface area contributed by atoms with E-state index in [-0.39, 0.29) is 0 Å². The zero-order valence-corrected chi connectivity index (χ0v) is 13.6. The van der Waals surface area contributed by atoms with Crippen molar-refractivity contribution in [3.05, 3.63) is 59.9 Å². The van der Waals surface area contributed by atoms with Crippen molar-refractivity contribution in [1.82, 2.24) is 9.97 Å². The molecule has 0 atom stereocenters. The summed E-state index contributed by atoms with van der Waals surface area (Å²) in [5.41, 5.74) is 3.40. The fourth-order valence-electron chi connectivity index (χ4n) is 2.28. The summed E-state index contributed by atoms with van der Waals surface area (Å²) in [6, 6.07) is 12.3. The highest BCUT2D eigenvalue weighted by atomic mass is 32.2. The van der Waals surface area contributed by atoms with Crippen molar-refractivity contribution >= 4 is 22.7 Å². The van der Waals surface area contributed by atoms with E-state index in [4.69, 9.17) is 9.72 Å². The maximum Gasteiger partial charge on any atom is 0.120 e. The van der Waals surface area contributed by atoms with E-state index in [0.29, 0.717) is 6.61 Å². The quantitative estimate of drug-likeness (QED) is 0.644. The Bertz CT molecular complexity index is 775. The second-order valence-corrected chi connectivity index (χ2v) is 6.01. The van der Waals surface area contributed by atoms with Crippen molar-refractivity contribution in [2.24, 2.45) is 0 Å². The third-order valence-corrected chi connectivity index (χ3v) is 4.50. The van der Waals surface area contributed by atoms with Gasteiger partial charge in [0.2, 0.25) is 0 Å². The van der Waals surface area contributed by atoms with Crippen LogP contribution in [0.15, 0.2) is 53.8 Å². The number of thioether (sulfide) groups is 1. The lowest BCUT2D eigenvalue weighted by molar-refractivity contribution is 0.340. The van der Waals surface area contributed by atoms with Crippen LogP contribution in [0.3, 0.4) is 0 Å². The number of hydrogen-bond acceptors (Lipinski definition) is 4. The molecule has 3 aromatic rings. The molecule has 0 aliphatic rings. The van der Waals surface area contributed by atoms with Gasteiger partial charge in [-0.15, -0.1) is 11.8 Å². The second kappa shape index (κ2) is 6.79. The van der Waals surface area contributed by atoms with Gasteiger partial charge < -0.3 is 4.74 Å². The number of aryl methyl sites for hydroxylation is 1. The van der Waals surface area contributed by atoms with Gasteiger partial charge in [-0.25, -0.2) is 4.98 Å². The first kappa shape index (κ1) is 14.9. The van der Waals surface area contributed by atoms with Crippen LogP contribution in [0, 0.1) is 6.92 Å². The van der Waals surface area contributed by atoms with Gasteiger partial charge in [0.05, 0.1) is 17.1 Å². The maximum absolute atomic E-state index is 5.55. The third kappa shape index (κ3) is 3.39. The molecule has 0 N–H and O–H groups in total. The number of fused-ring (bicyclic) bond motifs is 1. The zero-order valence-electron chi connectivity index (χ0n) is 12.7. The molecule has 1 aromatic carbocycles. The molecule has 0 saturated heterocycles. The molecule has 0 saturated carbocycles. The molecule has 2 heterocycles. The molecule has 3 nitrogen and oxygen atoms in total. The normalized spacial score (nSPS) is 10.8. The SMILES string of the molecule is CCOc1ccc2nc(SCc3cccnc3)c(C)cc2c1. The Morgan fingerprint density at radius 1 is 1.18 bits per heavy atom. The molecule has 0 aliphatic carbocycles. The molecule has 22 heavy (non-hydrogen) atoms. The molecule has 0 radical (unpaired) electrons. The fourth-order valence-corrected chi connectivity index (χ4v) is 3.20. The lowest BCUT2D eigenvalue weighted by atomic mass is 10.1. The molecule has 0 fully saturated rings. The summed E-state index contributed by atoms with van der Waals surface area (Å²) in [6.45, 7) is 4.77. The molecule has 0 unspecified atom stereocenters. The van der Waals surface area contributed by atoms with E-state index in [0.717, 1.165) is 27.4 Å². The van der Waals surface area contributed by atoms with Crippen LogP contribution >= 0.6 is 11.8 Å². The minimum absolute atomic E-state index is 0.678. The summed E-state index contributed by atoms with van der Waals surface area (Å²) in [5, 5.41) is 2.19. The van der Waals surface area contributed by atoms with Crippen LogP contribution in [0.5, 0.6) is 5.75 Å². The summed E-state index contributed by atoms with van der Waals surface area (Å²) in [5.74, 6) is 1.77. The Kier molecular flexibility index (Phi) is 4.59. The van der Waals surface area contributed by atoms with Gasteiger partial charge in [0, 0.05) is 23.5 Å². The number of aromatic nitrogens is 2. The number of pyridine rings is 2. The topological polar surface area (TPSA) is 35.0 Å². The highest BCUT2D eigenvalue weighted by Gasteiger charge is 2.06. The summed E-state index contributed by atoms with van der Waals surface area (Å²) < 4.78 is 5.55. The van der Waals surface area contributed by atoms with E-state index in [1.54, 1.807) is 18.0 Å². The van der Waals surface area contributed by atoms with Crippen molar-refractivity contribution < 1.29 is 4.74 Å². The van der Waals surface area contributed by atoms with E-state index in [9.17, 15) is 0 Å². The van der Waals surface area contributed by atoms with Crippen LogP contribution < -0.4 is 4.74 Å². The zero-order chi connectivity index (χ0) is 15.4. The van der Waals surface area contributed by atoms with E-state index >= 15 is 0 Å². The molecule has 2 aromatic heterocycles. The number of benzene rings is 1. The first-order chi connectivity index (χ1) is 10.8. The smallest absolute Gasteiger partial charge is 0.120 e. The molecule has 0 bridgehead atoms. The highest BCUT2D eigenvalue weighted by Crippen LogP contribution is 2.28. The van der Waals surface area contributed by atoms with E-state index < -0.39 is 0 Å². The van der Waals surface area contributed by atoms with Crippen LogP contribution in [-0.4, -0.2) is 16.6 Å². The molecule has 4 heteroatoms. The minimum Gasteiger partial charge on any atom is -0.494 e. The lowest BCUT2D eigenvalue weighted by Gasteiger charge is -2.09. The van der Waals surface area contributed by atoms with E-state index in [1.807, 2.05) is 37.4 Å². The van der Waals surface area contributed by atoms with E-state index in [2.05, 4.69) is 24.0 Å². The van der Waals surface area contributed by atoms with Gasteiger partial charge in [0.1, 0.15) is 5.75 Å². The molecule has 0 amide bonds. The molecule has 3 rings (SSSR count). The second-order valence-electron chi connectivity index (χ2n) is 5.05. The summed E-state index contributed by atoms with van der Waals surface area (Å²) in [4.78, 5) is 8.93. The van der Waals surface area contributed by atoms with Gasteiger partial charge in [-0.05, 0) is 55.3 Å². The highest BCUT2D eigenvalue weighted by molar-refractivity contribution is 7.98. The van der Waals surface area contributed by atoms with Crippen LogP contribution in [0.2, 0.25) is 0 Å². The van der Waals surface area contributed by atoms with Crippen LogP contribution in [0.4, 0.5) is 0 Å². The number of hydrogen-bond donors (Lipinski definition) is 0. The number of rotatable bonds is 5. The Morgan fingerprint density at radius 3 is 2.86 bits per heavy atom. The Balaban J connectivity index is 1.84. The standard InChI is InChI=1S/C18H18N2OS/c1-3-21-16-6-7-17-15(10-16)9-13(2)18(20-17)22-12-14-5-4-8-19-11-14/h4-11H,3,12H2,1-2H3.